The molecule has 0 radical (unpaired) electrons. The average Bonchev–Trinajstić information content (AvgIpc) is 3.24. The number of amides is 4. The van der Waals surface area contributed by atoms with E-state index < -0.39 is 17.8 Å². The summed E-state index contributed by atoms with van der Waals surface area (Å²) in [6.45, 7) is 1.95. The minimum atomic E-state index is -0.706. The van der Waals surface area contributed by atoms with Gasteiger partial charge in [-0.15, -0.1) is 0 Å². The molecule has 0 aliphatic carbocycles. The first-order valence-electron chi connectivity index (χ1n) is 10.8. The molecule has 2 heterocycles. The van der Waals surface area contributed by atoms with Gasteiger partial charge in [0.1, 0.15) is 5.57 Å². The van der Waals surface area contributed by atoms with Crippen LogP contribution in [-0.4, -0.2) is 22.4 Å². The third-order valence-corrected chi connectivity index (χ3v) is 5.66. The predicted octanol–water partition coefficient (Wildman–Crippen LogP) is 5.37. The minimum Gasteiger partial charge on any atom is -0.321 e. The number of carbonyl (C=O) groups excluding carboxylic acids is 3. The highest BCUT2D eigenvalue weighted by atomic mass is 16.2. The van der Waals surface area contributed by atoms with E-state index in [1.165, 1.54) is 0 Å². The normalized spacial score (nSPS) is 14.0. The molecule has 1 aliphatic heterocycles. The van der Waals surface area contributed by atoms with Crippen molar-refractivity contribution in [3.63, 3.8) is 0 Å². The second-order valence-corrected chi connectivity index (χ2v) is 7.91. The lowest BCUT2D eigenvalue weighted by Crippen LogP contribution is -2.57. The summed E-state index contributed by atoms with van der Waals surface area (Å²) in [4.78, 5) is 42.4. The van der Waals surface area contributed by atoms with E-state index in [-0.39, 0.29) is 5.57 Å². The Morgan fingerprint density at radius 3 is 1.53 bits per heavy atom. The van der Waals surface area contributed by atoms with Gasteiger partial charge in [-0.3, -0.25) is 9.59 Å². The first kappa shape index (κ1) is 21.2. The van der Waals surface area contributed by atoms with Crippen molar-refractivity contribution in [2.75, 3.05) is 9.80 Å². The number of benzene rings is 3. The molecule has 1 saturated heterocycles. The highest BCUT2D eigenvalue weighted by Crippen LogP contribution is 2.30. The van der Waals surface area contributed by atoms with E-state index in [4.69, 9.17) is 0 Å². The maximum atomic E-state index is 13.5. The molecule has 166 valence electrons. The molecule has 5 rings (SSSR count). The largest absolute Gasteiger partial charge is 0.343 e. The lowest BCUT2D eigenvalue weighted by molar-refractivity contribution is -0.121. The van der Waals surface area contributed by atoms with Crippen molar-refractivity contribution < 1.29 is 14.4 Å². The molecule has 34 heavy (non-hydrogen) atoms. The lowest BCUT2D eigenvalue weighted by Gasteiger charge is -2.33. The van der Waals surface area contributed by atoms with Crippen molar-refractivity contribution >= 4 is 35.3 Å². The van der Waals surface area contributed by atoms with Crippen molar-refractivity contribution in [3.05, 3.63) is 120 Å². The number of para-hydroxylation sites is 3. The van der Waals surface area contributed by atoms with Crippen LogP contribution in [0.4, 0.5) is 16.2 Å². The SMILES string of the molecule is Cc1cc(C=C2C(=O)N(c3ccccc3)C(=O)N(c3ccccc3)C2=O)cn1-c1ccccc1. The Labute approximate surface area is 197 Å². The lowest BCUT2D eigenvalue weighted by atomic mass is 10.1. The van der Waals surface area contributed by atoms with Crippen LogP contribution in [0, 0.1) is 6.92 Å². The molecule has 0 unspecified atom stereocenters. The number of imide groups is 2. The van der Waals surface area contributed by atoms with Gasteiger partial charge in [0.25, 0.3) is 11.8 Å². The topological polar surface area (TPSA) is 62.6 Å². The Morgan fingerprint density at radius 1 is 0.618 bits per heavy atom. The van der Waals surface area contributed by atoms with Crippen LogP contribution in [-0.2, 0) is 9.59 Å². The van der Waals surface area contributed by atoms with Gasteiger partial charge in [0.15, 0.2) is 0 Å². The number of rotatable bonds is 4. The third kappa shape index (κ3) is 3.71. The zero-order chi connectivity index (χ0) is 23.7. The van der Waals surface area contributed by atoms with E-state index >= 15 is 0 Å². The average molecular weight is 447 g/mol. The summed E-state index contributed by atoms with van der Waals surface area (Å²) in [7, 11) is 0. The van der Waals surface area contributed by atoms with Crippen LogP contribution in [0.1, 0.15) is 11.3 Å². The number of carbonyl (C=O) groups is 3. The molecule has 1 aliphatic rings. The number of hydrogen-bond donors (Lipinski definition) is 0. The minimum absolute atomic E-state index is 0.0856. The Morgan fingerprint density at radius 2 is 1.06 bits per heavy atom. The van der Waals surface area contributed by atoms with Gasteiger partial charge in [-0.05, 0) is 61.0 Å². The summed E-state index contributed by atoms with van der Waals surface area (Å²) in [5.41, 5.74) is 3.32. The van der Waals surface area contributed by atoms with Crippen LogP contribution in [0.2, 0.25) is 0 Å². The van der Waals surface area contributed by atoms with Gasteiger partial charge in [0.2, 0.25) is 0 Å². The molecule has 6 heteroatoms. The zero-order valence-electron chi connectivity index (χ0n) is 18.5. The Balaban J connectivity index is 1.62. The first-order valence-corrected chi connectivity index (χ1v) is 10.8. The number of aromatic nitrogens is 1. The molecule has 4 amide bonds. The zero-order valence-corrected chi connectivity index (χ0v) is 18.5. The van der Waals surface area contributed by atoms with Crippen molar-refractivity contribution in [3.8, 4) is 5.69 Å². The molecule has 3 aromatic carbocycles. The van der Waals surface area contributed by atoms with E-state index in [0.29, 0.717) is 16.9 Å². The van der Waals surface area contributed by atoms with Crippen molar-refractivity contribution in [1.82, 2.24) is 4.57 Å². The molecule has 1 aromatic heterocycles. The fourth-order valence-electron chi connectivity index (χ4n) is 4.05. The maximum absolute atomic E-state index is 13.5. The summed E-state index contributed by atoms with van der Waals surface area (Å²) in [5, 5.41) is 0. The second-order valence-electron chi connectivity index (χ2n) is 7.91. The maximum Gasteiger partial charge on any atom is 0.343 e. The van der Waals surface area contributed by atoms with Crippen LogP contribution < -0.4 is 9.80 Å². The number of urea groups is 1. The third-order valence-electron chi connectivity index (χ3n) is 5.66. The molecule has 0 N–H and O–H groups in total. The van der Waals surface area contributed by atoms with Crippen LogP contribution in [0.3, 0.4) is 0 Å². The molecule has 0 spiro atoms. The van der Waals surface area contributed by atoms with Crippen LogP contribution in [0.15, 0.2) is 109 Å². The molecular weight excluding hydrogens is 426 g/mol. The van der Waals surface area contributed by atoms with Crippen molar-refractivity contribution in [2.45, 2.75) is 6.92 Å². The molecule has 6 nitrogen and oxygen atoms in total. The van der Waals surface area contributed by atoms with Gasteiger partial charge in [0, 0.05) is 17.6 Å². The highest BCUT2D eigenvalue weighted by molar-refractivity contribution is 6.46. The van der Waals surface area contributed by atoms with Gasteiger partial charge in [-0.2, -0.15) is 0 Å². The molecule has 1 fully saturated rings. The fraction of sp³-hybridized carbons (Fsp3) is 0.0357. The summed E-state index contributed by atoms with van der Waals surface area (Å²) in [6, 6.07) is 28.2. The van der Waals surface area contributed by atoms with Crippen molar-refractivity contribution in [2.24, 2.45) is 0 Å². The van der Waals surface area contributed by atoms with E-state index in [1.54, 1.807) is 66.7 Å². The summed E-state index contributed by atoms with van der Waals surface area (Å²) >= 11 is 0. The van der Waals surface area contributed by atoms with E-state index in [0.717, 1.165) is 21.2 Å². The van der Waals surface area contributed by atoms with Crippen LogP contribution >= 0.6 is 0 Å². The monoisotopic (exact) mass is 447 g/mol. The number of anilines is 2. The predicted molar refractivity (Wildman–Crippen MR) is 132 cm³/mol. The molecule has 4 aromatic rings. The van der Waals surface area contributed by atoms with E-state index in [1.807, 2.05) is 54.1 Å². The summed E-state index contributed by atoms with van der Waals surface area (Å²) in [5.74, 6) is -1.31. The Hall–Kier alpha value is -4.71. The van der Waals surface area contributed by atoms with Gasteiger partial charge in [0.05, 0.1) is 11.4 Å². The molecular formula is C28H21N3O3. The van der Waals surface area contributed by atoms with Gasteiger partial charge < -0.3 is 4.57 Å². The molecule has 0 bridgehead atoms. The van der Waals surface area contributed by atoms with Crippen LogP contribution in [0.25, 0.3) is 11.8 Å². The molecule has 0 saturated carbocycles. The van der Waals surface area contributed by atoms with E-state index in [9.17, 15) is 14.4 Å². The summed E-state index contributed by atoms with van der Waals surface area (Å²) < 4.78 is 1.99. The number of aryl methyl sites for hydroxylation is 1. The number of nitrogens with zero attached hydrogens (tertiary/aromatic N) is 3. The van der Waals surface area contributed by atoms with E-state index in [2.05, 4.69) is 0 Å². The Bertz CT molecular complexity index is 1340. The fourth-order valence-corrected chi connectivity index (χ4v) is 4.05. The van der Waals surface area contributed by atoms with Gasteiger partial charge >= 0.3 is 6.03 Å². The quantitative estimate of drug-likeness (QED) is 0.312. The second kappa shape index (κ2) is 8.67. The Kier molecular flexibility index (Phi) is 5.40. The molecule has 0 atom stereocenters. The smallest absolute Gasteiger partial charge is 0.321 e. The van der Waals surface area contributed by atoms with Gasteiger partial charge in [-0.1, -0.05) is 54.6 Å². The highest BCUT2D eigenvalue weighted by Gasteiger charge is 2.43. The van der Waals surface area contributed by atoms with Crippen LogP contribution in [0.5, 0.6) is 0 Å². The van der Waals surface area contributed by atoms with Gasteiger partial charge in [-0.25, -0.2) is 14.6 Å². The number of barbiturate groups is 1. The number of hydrogen-bond acceptors (Lipinski definition) is 3. The first-order chi connectivity index (χ1) is 16.5. The van der Waals surface area contributed by atoms with Crippen molar-refractivity contribution in [1.29, 1.82) is 0 Å². The summed E-state index contributed by atoms with van der Waals surface area (Å²) in [6.07, 6.45) is 3.42. The standard InChI is InChI=1S/C28H21N3O3/c1-20-17-21(19-29(20)22-11-5-2-6-12-22)18-25-26(32)30(23-13-7-3-8-14-23)28(34)31(27(25)33)24-15-9-4-10-16-24/h2-19H,1H3.